The SMILES string of the molecule is O=C(NCc1ccccc1CO)Nc1ccc(-c2nccs2)cc1. The van der Waals surface area contributed by atoms with Gasteiger partial charge in [0.25, 0.3) is 0 Å². The number of aromatic nitrogens is 1. The molecule has 0 atom stereocenters. The van der Waals surface area contributed by atoms with Crippen molar-refractivity contribution in [3.63, 3.8) is 0 Å². The van der Waals surface area contributed by atoms with Gasteiger partial charge in [0.1, 0.15) is 5.01 Å². The number of thiazole rings is 1. The van der Waals surface area contributed by atoms with Crippen molar-refractivity contribution in [1.82, 2.24) is 10.3 Å². The standard InChI is InChI=1S/C18H17N3O2S/c22-12-15-4-2-1-3-14(15)11-20-18(23)21-16-7-5-13(6-8-16)17-19-9-10-24-17/h1-10,22H,11-12H2,(H2,20,21,23). The molecule has 0 bridgehead atoms. The Kier molecular flexibility index (Phi) is 5.20. The van der Waals surface area contributed by atoms with Crippen LogP contribution in [0.15, 0.2) is 60.1 Å². The fourth-order valence-electron chi connectivity index (χ4n) is 2.30. The van der Waals surface area contributed by atoms with Gasteiger partial charge in [-0.2, -0.15) is 0 Å². The van der Waals surface area contributed by atoms with Gasteiger partial charge < -0.3 is 15.7 Å². The van der Waals surface area contributed by atoms with Crippen LogP contribution in [0.2, 0.25) is 0 Å². The third kappa shape index (κ3) is 3.98. The van der Waals surface area contributed by atoms with E-state index in [4.69, 9.17) is 0 Å². The van der Waals surface area contributed by atoms with E-state index in [-0.39, 0.29) is 12.6 Å². The first-order chi connectivity index (χ1) is 11.8. The summed E-state index contributed by atoms with van der Waals surface area (Å²) in [6.45, 7) is 0.317. The number of nitrogens with zero attached hydrogens (tertiary/aromatic N) is 1. The maximum Gasteiger partial charge on any atom is 0.319 e. The van der Waals surface area contributed by atoms with Crippen LogP contribution in [0.25, 0.3) is 10.6 Å². The molecule has 3 rings (SSSR count). The number of amides is 2. The van der Waals surface area contributed by atoms with Crippen molar-refractivity contribution in [3.8, 4) is 10.6 Å². The Morgan fingerprint density at radius 3 is 2.50 bits per heavy atom. The van der Waals surface area contributed by atoms with Crippen LogP contribution in [-0.2, 0) is 13.2 Å². The first-order valence-corrected chi connectivity index (χ1v) is 8.36. The smallest absolute Gasteiger partial charge is 0.319 e. The van der Waals surface area contributed by atoms with Gasteiger partial charge in [-0.15, -0.1) is 11.3 Å². The minimum atomic E-state index is -0.287. The van der Waals surface area contributed by atoms with Gasteiger partial charge in [0, 0.05) is 29.4 Å². The summed E-state index contributed by atoms with van der Waals surface area (Å²) < 4.78 is 0. The van der Waals surface area contributed by atoms with Crippen molar-refractivity contribution in [3.05, 3.63) is 71.2 Å². The second-order valence-corrected chi connectivity index (χ2v) is 6.04. The summed E-state index contributed by atoms with van der Waals surface area (Å²) in [6.07, 6.45) is 1.77. The lowest BCUT2D eigenvalue weighted by molar-refractivity contribution is 0.251. The molecule has 0 aliphatic rings. The topological polar surface area (TPSA) is 74.2 Å². The molecular weight excluding hydrogens is 322 g/mol. The lowest BCUT2D eigenvalue weighted by Crippen LogP contribution is -2.28. The van der Waals surface area contributed by atoms with E-state index in [0.717, 1.165) is 21.7 Å². The summed E-state index contributed by atoms with van der Waals surface area (Å²) >= 11 is 1.57. The number of carbonyl (C=O) groups excluding carboxylic acids is 1. The normalized spacial score (nSPS) is 10.4. The number of carbonyl (C=O) groups is 1. The Morgan fingerprint density at radius 2 is 1.83 bits per heavy atom. The second-order valence-electron chi connectivity index (χ2n) is 5.15. The van der Waals surface area contributed by atoms with E-state index >= 15 is 0 Å². The van der Waals surface area contributed by atoms with Crippen molar-refractivity contribution in [2.24, 2.45) is 0 Å². The van der Waals surface area contributed by atoms with Gasteiger partial charge in [0.05, 0.1) is 6.61 Å². The predicted molar refractivity (Wildman–Crippen MR) is 95.8 cm³/mol. The summed E-state index contributed by atoms with van der Waals surface area (Å²) in [5.41, 5.74) is 3.44. The molecule has 0 radical (unpaired) electrons. The molecule has 24 heavy (non-hydrogen) atoms. The maximum absolute atomic E-state index is 12.0. The molecule has 5 nitrogen and oxygen atoms in total. The molecule has 0 spiro atoms. The van der Waals surface area contributed by atoms with Gasteiger partial charge in [-0.1, -0.05) is 24.3 Å². The summed E-state index contributed by atoms with van der Waals surface area (Å²) in [5.74, 6) is 0. The minimum Gasteiger partial charge on any atom is -0.392 e. The highest BCUT2D eigenvalue weighted by atomic mass is 32.1. The van der Waals surface area contributed by atoms with Crippen LogP contribution in [0.1, 0.15) is 11.1 Å². The van der Waals surface area contributed by atoms with Crippen LogP contribution in [0.4, 0.5) is 10.5 Å². The number of urea groups is 1. The zero-order chi connectivity index (χ0) is 16.8. The lowest BCUT2D eigenvalue weighted by atomic mass is 10.1. The molecule has 0 fully saturated rings. The Balaban J connectivity index is 1.57. The molecule has 0 saturated carbocycles. The molecule has 6 heteroatoms. The molecule has 0 aliphatic heterocycles. The maximum atomic E-state index is 12.0. The Morgan fingerprint density at radius 1 is 1.08 bits per heavy atom. The summed E-state index contributed by atoms with van der Waals surface area (Å²) in [6, 6.07) is 14.7. The zero-order valence-electron chi connectivity index (χ0n) is 12.9. The zero-order valence-corrected chi connectivity index (χ0v) is 13.7. The van der Waals surface area contributed by atoms with Crippen molar-refractivity contribution in [2.45, 2.75) is 13.2 Å². The molecule has 3 aromatic rings. The number of benzene rings is 2. The van der Waals surface area contributed by atoms with Crippen LogP contribution in [-0.4, -0.2) is 16.1 Å². The molecule has 0 saturated heterocycles. The van der Waals surface area contributed by atoms with E-state index < -0.39 is 0 Å². The molecule has 0 unspecified atom stereocenters. The average molecular weight is 339 g/mol. The first-order valence-electron chi connectivity index (χ1n) is 7.48. The number of hydrogen-bond acceptors (Lipinski definition) is 4. The van der Waals surface area contributed by atoms with E-state index in [0.29, 0.717) is 12.2 Å². The lowest BCUT2D eigenvalue weighted by Gasteiger charge is -2.10. The van der Waals surface area contributed by atoms with Gasteiger partial charge in [-0.3, -0.25) is 0 Å². The quantitative estimate of drug-likeness (QED) is 0.664. The first kappa shape index (κ1) is 16.2. The van der Waals surface area contributed by atoms with Crippen LogP contribution >= 0.6 is 11.3 Å². The highest BCUT2D eigenvalue weighted by molar-refractivity contribution is 7.13. The number of aliphatic hydroxyl groups excluding tert-OH is 1. The van der Waals surface area contributed by atoms with Gasteiger partial charge in [-0.05, 0) is 35.4 Å². The van der Waals surface area contributed by atoms with E-state index in [1.807, 2.05) is 53.9 Å². The molecule has 0 aliphatic carbocycles. The fourth-order valence-corrected chi connectivity index (χ4v) is 2.94. The Labute approximate surface area is 144 Å². The van der Waals surface area contributed by atoms with Crippen LogP contribution in [0, 0.1) is 0 Å². The highest BCUT2D eigenvalue weighted by Crippen LogP contribution is 2.23. The van der Waals surface area contributed by atoms with E-state index in [2.05, 4.69) is 15.6 Å². The van der Waals surface area contributed by atoms with Gasteiger partial charge >= 0.3 is 6.03 Å². The van der Waals surface area contributed by atoms with Crippen LogP contribution < -0.4 is 10.6 Å². The van der Waals surface area contributed by atoms with Crippen molar-refractivity contribution in [2.75, 3.05) is 5.32 Å². The fraction of sp³-hybridized carbons (Fsp3) is 0.111. The third-order valence-electron chi connectivity index (χ3n) is 3.55. The third-order valence-corrected chi connectivity index (χ3v) is 4.37. The Hall–Kier alpha value is -2.70. The number of rotatable bonds is 5. The van der Waals surface area contributed by atoms with Crippen molar-refractivity contribution in [1.29, 1.82) is 0 Å². The molecule has 1 aromatic heterocycles. The summed E-state index contributed by atoms with van der Waals surface area (Å²) in [7, 11) is 0. The molecule has 2 aromatic carbocycles. The minimum absolute atomic E-state index is 0.0440. The molecule has 3 N–H and O–H groups in total. The van der Waals surface area contributed by atoms with Crippen LogP contribution in [0.5, 0.6) is 0 Å². The number of nitrogens with one attached hydrogen (secondary N) is 2. The summed E-state index contributed by atoms with van der Waals surface area (Å²) in [4.78, 5) is 16.3. The number of aliphatic hydroxyl groups is 1. The van der Waals surface area contributed by atoms with Gasteiger partial charge in [0.2, 0.25) is 0 Å². The number of hydrogen-bond donors (Lipinski definition) is 3. The van der Waals surface area contributed by atoms with Gasteiger partial charge in [-0.25, -0.2) is 9.78 Å². The second kappa shape index (κ2) is 7.72. The van der Waals surface area contributed by atoms with E-state index in [1.54, 1.807) is 17.5 Å². The van der Waals surface area contributed by atoms with Crippen LogP contribution in [0.3, 0.4) is 0 Å². The largest absolute Gasteiger partial charge is 0.392 e. The van der Waals surface area contributed by atoms with E-state index in [9.17, 15) is 9.90 Å². The average Bonchev–Trinajstić information content (AvgIpc) is 3.15. The summed E-state index contributed by atoms with van der Waals surface area (Å²) in [5, 5.41) is 17.8. The molecule has 122 valence electrons. The molecular formula is C18H17N3O2S. The number of anilines is 1. The van der Waals surface area contributed by atoms with E-state index in [1.165, 1.54) is 0 Å². The molecule has 2 amide bonds. The van der Waals surface area contributed by atoms with Crippen molar-refractivity contribution < 1.29 is 9.90 Å². The molecule has 1 heterocycles. The monoisotopic (exact) mass is 339 g/mol. The predicted octanol–water partition coefficient (Wildman–Crippen LogP) is 3.62. The van der Waals surface area contributed by atoms with Crippen molar-refractivity contribution >= 4 is 23.1 Å². The van der Waals surface area contributed by atoms with Gasteiger partial charge in [0.15, 0.2) is 0 Å². The Bertz CT molecular complexity index is 801. The highest BCUT2D eigenvalue weighted by Gasteiger charge is 2.05.